The minimum Gasteiger partial charge on any atom is -0.267 e. The summed E-state index contributed by atoms with van der Waals surface area (Å²) in [5.74, 6) is 0. The molecule has 0 spiro atoms. The van der Waals surface area contributed by atoms with Crippen molar-refractivity contribution < 1.29 is 0 Å². The molecule has 0 atom stereocenters. The molecule has 3 heterocycles. The maximum absolute atomic E-state index is 12.9. The van der Waals surface area contributed by atoms with Crippen LogP contribution in [0, 0.1) is 13.8 Å². The van der Waals surface area contributed by atoms with Crippen molar-refractivity contribution in [3.05, 3.63) is 70.1 Å². The van der Waals surface area contributed by atoms with Gasteiger partial charge in [0.2, 0.25) is 0 Å². The Labute approximate surface area is 136 Å². The summed E-state index contributed by atoms with van der Waals surface area (Å²) in [6, 6.07) is 7.76. The van der Waals surface area contributed by atoms with E-state index in [1.165, 1.54) is 0 Å². The first-order valence-electron chi connectivity index (χ1n) is 7.21. The van der Waals surface area contributed by atoms with Crippen molar-refractivity contribution in [2.24, 2.45) is 0 Å². The molecule has 4 aromatic rings. The maximum Gasteiger partial charge on any atom is 0.337 e. The van der Waals surface area contributed by atoms with E-state index in [2.05, 4.69) is 9.97 Å². The Kier molecular flexibility index (Phi) is 3.12. The largest absolute Gasteiger partial charge is 0.337 e. The molecule has 0 saturated heterocycles. The second kappa shape index (κ2) is 5.17. The van der Waals surface area contributed by atoms with Gasteiger partial charge in [-0.1, -0.05) is 0 Å². The number of benzene rings is 1. The quantitative estimate of drug-likeness (QED) is 0.569. The molecule has 0 unspecified atom stereocenters. The van der Waals surface area contributed by atoms with Crippen LogP contribution in [0.5, 0.6) is 0 Å². The van der Waals surface area contributed by atoms with Gasteiger partial charge in [0.05, 0.1) is 33.3 Å². The Morgan fingerprint density at radius 2 is 2.04 bits per heavy atom. The average Bonchev–Trinajstić information content (AvgIpc) is 3.12. The fourth-order valence-electron chi connectivity index (χ4n) is 2.72. The van der Waals surface area contributed by atoms with Gasteiger partial charge in [-0.05, 0) is 43.7 Å². The summed E-state index contributed by atoms with van der Waals surface area (Å²) in [7, 11) is 0. The number of hydrogen-bond donors (Lipinski definition) is 0. The van der Waals surface area contributed by atoms with Crippen LogP contribution in [0.4, 0.5) is 0 Å². The Bertz CT molecular complexity index is 1070. The Morgan fingerprint density at radius 1 is 1.17 bits per heavy atom. The highest BCUT2D eigenvalue weighted by molar-refractivity contribution is 7.16. The number of nitrogens with zero attached hydrogens (tertiary/aromatic N) is 4. The zero-order valence-electron chi connectivity index (χ0n) is 12.7. The van der Waals surface area contributed by atoms with Gasteiger partial charge in [0.1, 0.15) is 0 Å². The van der Waals surface area contributed by atoms with Gasteiger partial charge < -0.3 is 0 Å². The highest BCUT2D eigenvalue weighted by atomic mass is 32.1. The van der Waals surface area contributed by atoms with Crippen LogP contribution in [0.2, 0.25) is 0 Å². The van der Waals surface area contributed by atoms with Gasteiger partial charge in [0, 0.05) is 18.1 Å². The summed E-state index contributed by atoms with van der Waals surface area (Å²) in [5.41, 5.74) is 6.21. The van der Waals surface area contributed by atoms with E-state index in [9.17, 15) is 4.79 Å². The summed E-state index contributed by atoms with van der Waals surface area (Å²) in [5, 5.41) is 0. The predicted molar refractivity (Wildman–Crippen MR) is 91.8 cm³/mol. The van der Waals surface area contributed by atoms with Crippen molar-refractivity contribution in [1.29, 1.82) is 0 Å². The lowest BCUT2D eigenvalue weighted by atomic mass is 10.2. The molecule has 0 bridgehead atoms. The van der Waals surface area contributed by atoms with E-state index in [-0.39, 0.29) is 5.69 Å². The Morgan fingerprint density at radius 3 is 2.87 bits per heavy atom. The van der Waals surface area contributed by atoms with Crippen LogP contribution in [0.15, 0.2) is 53.2 Å². The van der Waals surface area contributed by atoms with Gasteiger partial charge >= 0.3 is 5.69 Å². The maximum atomic E-state index is 12.9. The molecule has 0 aliphatic heterocycles. The smallest absolute Gasteiger partial charge is 0.267 e. The van der Waals surface area contributed by atoms with Crippen molar-refractivity contribution in [2.45, 2.75) is 13.8 Å². The third kappa shape index (κ3) is 2.19. The van der Waals surface area contributed by atoms with E-state index in [0.717, 1.165) is 32.8 Å². The van der Waals surface area contributed by atoms with E-state index in [1.54, 1.807) is 32.9 Å². The van der Waals surface area contributed by atoms with E-state index >= 15 is 0 Å². The number of fused-ring (bicyclic) bond motifs is 1. The number of thiazole rings is 1. The van der Waals surface area contributed by atoms with Crippen LogP contribution in [0.3, 0.4) is 0 Å². The highest BCUT2D eigenvalue weighted by Gasteiger charge is 2.13. The summed E-state index contributed by atoms with van der Waals surface area (Å²) in [4.78, 5) is 21.3. The number of aromatic nitrogens is 4. The molecule has 0 N–H and O–H groups in total. The van der Waals surface area contributed by atoms with Crippen molar-refractivity contribution in [2.75, 3.05) is 0 Å². The van der Waals surface area contributed by atoms with Gasteiger partial charge in [0.25, 0.3) is 0 Å². The first-order valence-corrected chi connectivity index (χ1v) is 8.09. The number of aryl methyl sites for hydroxylation is 2. The summed E-state index contributed by atoms with van der Waals surface area (Å²) in [6.07, 6.45) is 5.31. The number of hydrogen-bond acceptors (Lipinski definition) is 4. The second-order valence-corrected chi connectivity index (χ2v) is 6.31. The fraction of sp³-hybridized carbons (Fsp3) is 0.118. The van der Waals surface area contributed by atoms with Gasteiger partial charge in [-0.2, -0.15) is 0 Å². The van der Waals surface area contributed by atoms with Gasteiger partial charge in [-0.25, -0.2) is 9.78 Å². The highest BCUT2D eigenvalue weighted by Crippen LogP contribution is 2.21. The van der Waals surface area contributed by atoms with Crippen LogP contribution in [0.25, 0.3) is 21.6 Å². The van der Waals surface area contributed by atoms with E-state index in [0.29, 0.717) is 0 Å². The predicted octanol–water partition coefficient (Wildman–Crippen LogP) is 3.25. The first kappa shape index (κ1) is 13.9. The fourth-order valence-corrected chi connectivity index (χ4v) is 3.43. The molecule has 0 radical (unpaired) electrons. The summed E-state index contributed by atoms with van der Waals surface area (Å²) in [6.45, 7) is 3.90. The zero-order valence-corrected chi connectivity index (χ0v) is 13.5. The van der Waals surface area contributed by atoms with Crippen LogP contribution < -0.4 is 5.69 Å². The zero-order chi connectivity index (χ0) is 16.0. The molecule has 5 nitrogen and oxygen atoms in total. The number of pyridine rings is 1. The molecule has 3 aromatic heterocycles. The van der Waals surface area contributed by atoms with Crippen LogP contribution in [0.1, 0.15) is 11.3 Å². The standard InChI is InChI=1S/C17H14N4OS/c1-11-5-6-18-8-15(11)21-12(2)9-20(17(21)22)13-3-4-14-16(7-13)23-10-19-14/h3-10H,1-2H3. The summed E-state index contributed by atoms with van der Waals surface area (Å²) >= 11 is 1.57. The van der Waals surface area contributed by atoms with E-state index < -0.39 is 0 Å². The van der Waals surface area contributed by atoms with Crippen LogP contribution in [-0.2, 0) is 0 Å². The monoisotopic (exact) mass is 322 g/mol. The Hall–Kier alpha value is -2.73. The molecule has 0 saturated carbocycles. The minimum atomic E-state index is -0.0949. The number of imidazole rings is 1. The topological polar surface area (TPSA) is 52.7 Å². The Balaban J connectivity index is 1.93. The second-order valence-electron chi connectivity index (χ2n) is 5.43. The molecule has 23 heavy (non-hydrogen) atoms. The minimum absolute atomic E-state index is 0.0949. The lowest BCUT2D eigenvalue weighted by molar-refractivity contribution is 0.884. The average molecular weight is 322 g/mol. The lowest BCUT2D eigenvalue weighted by Crippen LogP contribution is -2.23. The molecular weight excluding hydrogens is 308 g/mol. The number of rotatable bonds is 2. The van der Waals surface area contributed by atoms with Crippen LogP contribution >= 0.6 is 11.3 Å². The van der Waals surface area contributed by atoms with E-state index in [4.69, 9.17) is 0 Å². The van der Waals surface area contributed by atoms with Gasteiger partial charge in [-0.3, -0.25) is 14.1 Å². The van der Waals surface area contributed by atoms with Crippen molar-refractivity contribution in [3.8, 4) is 11.4 Å². The molecule has 0 aliphatic carbocycles. The molecular formula is C17H14N4OS. The third-order valence-electron chi connectivity index (χ3n) is 3.91. The summed E-state index contributed by atoms with van der Waals surface area (Å²) < 4.78 is 4.43. The lowest BCUT2D eigenvalue weighted by Gasteiger charge is -2.06. The first-order chi connectivity index (χ1) is 11.1. The molecule has 0 fully saturated rings. The van der Waals surface area contributed by atoms with Crippen molar-refractivity contribution >= 4 is 21.6 Å². The van der Waals surface area contributed by atoms with Crippen molar-refractivity contribution in [1.82, 2.24) is 19.1 Å². The third-order valence-corrected chi connectivity index (χ3v) is 4.70. The van der Waals surface area contributed by atoms with Gasteiger partial charge in [0.15, 0.2) is 0 Å². The molecule has 6 heteroatoms. The molecule has 0 aliphatic rings. The van der Waals surface area contributed by atoms with Crippen molar-refractivity contribution in [3.63, 3.8) is 0 Å². The molecule has 1 aromatic carbocycles. The van der Waals surface area contributed by atoms with Crippen LogP contribution in [-0.4, -0.2) is 19.1 Å². The molecule has 114 valence electrons. The molecule has 4 rings (SSSR count). The SMILES string of the molecule is Cc1ccncc1-n1c(C)cn(-c2ccc3ncsc3c2)c1=O. The normalized spacial score (nSPS) is 11.2. The van der Waals surface area contributed by atoms with E-state index in [1.807, 2.05) is 49.8 Å². The van der Waals surface area contributed by atoms with Gasteiger partial charge in [-0.15, -0.1) is 11.3 Å². The molecule has 0 amide bonds.